The number of piperazine rings is 1. The molecule has 1 aromatic rings. The first-order valence-corrected chi connectivity index (χ1v) is 7.48. The molecular formula is C13H19N3O3S. The minimum Gasteiger partial charge on any atom is -0.370 e. The number of hydrogen-bond acceptors (Lipinski definition) is 5. The lowest BCUT2D eigenvalue weighted by Gasteiger charge is -2.34. The zero-order valence-electron chi connectivity index (χ0n) is 11.3. The average molecular weight is 297 g/mol. The van der Waals surface area contributed by atoms with E-state index >= 15 is 0 Å². The number of carbonyl (C=O) groups is 2. The van der Waals surface area contributed by atoms with E-state index in [1.54, 1.807) is 9.80 Å². The molecule has 2 N–H and O–H groups in total. The van der Waals surface area contributed by atoms with Crippen LogP contribution in [0.15, 0.2) is 17.5 Å². The highest BCUT2D eigenvalue weighted by Crippen LogP contribution is 2.13. The fourth-order valence-corrected chi connectivity index (χ4v) is 2.74. The molecule has 20 heavy (non-hydrogen) atoms. The van der Waals surface area contributed by atoms with E-state index in [1.165, 1.54) is 11.3 Å². The first-order chi connectivity index (χ1) is 9.72. The Labute approximate surface area is 122 Å². The summed E-state index contributed by atoms with van der Waals surface area (Å²) in [5, 5.41) is 1.89. The van der Waals surface area contributed by atoms with Crippen LogP contribution in [0.1, 0.15) is 9.67 Å². The third-order valence-electron chi connectivity index (χ3n) is 3.14. The molecule has 0 aromatic carbocycles. The van der Waals surface area contributed by atoms with Crippen molar-refractivity contribution in [2.24, 2.45) is 5.73 Å². The molecule has 7 heteroatoms. The van der Waals surface area contributed by atoms with Crippen molar-refractivity contribution in [2.45, 2.75) is 0 Å². The molecule has 0 atom stereocenters. The maximum Gasteiger partial charge on any atom is 0.264 e. The van der Waals surface area contributed by atoms with Crippen LogP contribution < -0.4 is 5.73 Å². The first kappa shape index (κ1) is 15.0. The minimum atomic E-state index is -0.0401. The van der Waals surface area contributed by atoms with Gasteiger partial charge in [-0.2, -0.15) is 0 Å². The molecule has 0 bridgehead atoms. The summed E-state index contributed by atoms with van der Waals surface area (Å²) < 4.78 is 5.14. The van der Waals surface area contributed by atoms with Crippen LogP contribution in [0.5, 0.6) is 0 Å². The molecule has 2 rings (SSSR count). The molecule has 0 aliphatic carbocycles. The monoisotopic (exact) mass is 297 g/mol. The predicted octanol–water partition coefficient (Wildman–Crippen LogP) is 0.00780. The highest BCUT2D eigenvalue weighted by Gasteiger charge is 2.25. The maximum absolute atomic E-state index is 12.1. The summed E-state index contributed by atoms with van der Waals surface area (Å²) in [7, 11) is 0. The lowest BCUT2D eigenvalue weighted by atomic mass is 10.3. The normalized spacial score (nSPS) is 15.4. The molecule has 1 fully saturated rings. The molecule has 0 unspecified atom stereocenters. The van der Waals surface area contributed by atoms with E-state index in [4.69, 9.17) is 10.5 Å². The number of carbonyl (C=O) groups excluding carboxylic acids is 2. The number of rotatable bonds is 5. The summed E-state index contributed by atoms with van der Waals surface area (Å²) in [5.41, 5.74) is 5.30. The number of thiophene rings is 1. The fourth-order valence-electron chi connectivity index (χ4n) is 2.05. The Hall–Kier alpha value is -1.44. The van der Waals surface area contributed by atoms with Crippen LogP contribution in [0, 0.1) is 0 Å². The van der Waals surface area contributed by atoms with Gasteiger partial charge >= 0.3 is 0 Å². The smallest absolute Gasteiger partial charge is 0.264 e. The van der Waals surface area contributed by atoms with Crippen molar-refractivity contribution in [3.63, 3.8) is 0 Å². The summed E-state index contributed by atoms with van der Waals surface area (Å²) in [6.45, 7) is 3.12. The molecule has 1 saturated heterocycles. The van der Waals surface area contributed by atoms with Crippen LogP contribution in [0.2, 0.25) is 0 Å². The molecule has 1 aliphatic heterocycles. The zero-order chi connectivity index (χ0) is 14.4. The van der Waals surface area contributed by atoms with Gasteiger partial charge in [-0.05, 0) is 11.4 Å². The van der Waals surface area contributed by atoms with Gasteiger partial charge in [-0.3, -0.25) is 9.59 Å². The van der Waals surface area contributed by atoms with Crippen molar-refractivity contribution in [1.82, 2.24) is 9.80 Å². The van der Waals surface area contributed by atoms with Gasteiger partial charge in [-0.15, -0.1) is 11.3 Å². The van der Waals surface area contributed by atoms with Crippen molar-refractivity contribution in [2.75, 3.05) is 45.9 Å². The van der Waals surface area contributed by atoms with Gasteiger partial charge in [0.25, 0.3) is 5.91 Å². The Kier molecular flexibility index (Phi) is 5.51. The van der Waals surface area contributed by atoms with E-state index < -0.39 is 0 Å². The quantitative estimate of drug-likeness (QED) is 0.777. The molecule has 0 spiro atoms. The van der Waals surface area contributed by atoms with Gasteiger partial charge < -0.3 is 20.3 Å². The SMILES string of the molecule is NCCOCC(=O)N1CCN(C(=O)c2cccs2)CC1. The van der Waals surface area contributed by atoms with E-state index in [0.717, 1.165) is 4.88 Å². The number of hydrogen-bond donors (Lipinski definition) is 1. The minimum absolute atomic E-state index is 0.0401. The van der Waals surface area contributed by atoms with Crippen molar-refractivity contribution in [3.8, 4) is 0 Å². The summed E-state index contributed by atoms with van der Waals surface area (Å²) in [6.07, 6.45) is 0. The second kappa shape index (κ2) is 7.37. The van der Waals surface area contributed by atoms with Crippen LogP contribution in [0.4, 0.5) is 0 Å². The largest absolute Gasteiger partial charge is 0.370 e. The van der Waals surface area contributed by atoms with E-state index in [9.17, 15) is 9.59 Å². The Morgan fingerprint density at radius 2 is 1.95 bits per heavy atom. The molecule has 2 heterocycles. The van der Waals surface area contributed by atoms with E-state index in [0.29, 0.717) is 39.3 Å². The molecule has 110 valence electrons. The van der Waals surface area contributed by atoms with Gasteiger partial charge in [0.05, 0.1) is 11.5 Å². The maximum atomic E-state index is 12.1. The number of amides is 2. The summed E-state index contributed by atoms with van der Waals surface area (Å²) in [4.78, 5) is 28.2. The van der Waals surface area contributed by atoms with Crippen LogP contribution in [0.3, 0.4) is 0 Å². The van der Waals surface area contributed by atoms with Gasteiger partial charge in [0.1, 0.15) is 6.61 Å². The van der Waals surface area contributed by atoms with E-state index in [-0.39, 0.29) is 18.4 Å². The van der Waals surface area contributed by atoms with Gasteiger partial charge in [-0.25, -0.2) is 0 Å². The van der Waals surface area contributed by atoms with E-state index in [2.05, 4.69) is 0 Å². The number of nitrogens with zero attached hydrogens (tertiary/aromatic N) is 2. The van der Waals surface area contributed by atoms with Gasteiger partial charge in [0, 0.05) is 32.7 Å². The van der Waals surface area contributed by atoms with Gasteiger partial charge in [-0.1, -0.05) is 6.07 Å². The topological polar surface area (TPSA) is 75.9 Å². The van der Waals surface area contributed by atoms with Crippen molar-refractivity contribution < 1.29 is 14.3 Å². The molecule has 6 nitrogen and oxygen atoms in total. The highest BCUT2D eigenvalue weighted by molar-refractivity contribution is 7.12. The summed E-state index contributed by atoms with van der Waals surface area (Å²) >= 11 is 1.44. The molecule has 0 radical (unpaired) electrons. The predicted molar refractivity (Wildman–Crippen MR) is 76.7 cm³/mol. The summed E-state index contributed by atoms with van der Waals surface area (Å²) in [6, 6.07) is 3.69. The van der Waals surface area contributed by atoms with E-state index in [1.807, 2.05) is 17.5 Å². The molecule has 2 amide bonds. The van der Waals surface area contributed by atoms with Crippen molar-refractivity contribution >= 4 is 23.2 Å². The molecule has 1 aromatic heterocycles. The third-order valence-corrected chi connectivity index (χ3v) is 4.00. The van der Waals surface area contributed by atoms with Crippen LogP contribution in [-0.2, 0) is 9.53 Å². The molecular weight excluding hydrogens is 278 g/mol. The van der Waals surface area contributed by atoms with Gasteiger partial charge in [0.15, 0.2) is 0 Å². The van der Waals surface area contributed by atoms with Crippen LogP contribution in [-0.4, -0.2) is 67.6 Å². The van der Waals surface area contributed by atoms with Crippen molar-refractivity contribution in [3.05, 3.63) is 22.4 Å². The standard InChI is InChI=1S/C13H19N3O3S/c14-3-8-19-10-12(17)15-4-6-16(7-5-15)13(18)11-2-1-9-20-11/h1-2,9H,3-8,10,14H2. The van der Waals surface area contributed by atoms with Crippen LogP contribution in [0.25, 0.3) is 0 Å². The fraction of sp³-hybridized carbons (Fsp3) is 0.538. The third kappa shape index (κ3) is 3.78. The second-order valence-corrected chi connectivity index (χ2v) is 5.44. The number of ether oxygens (including phenoxy) is 1. The Morgan fingerprint density at radius 3 is 2.55 bits per heavy atom. The van der Waals surface area contributed by atoms with Crippen LogP contribution >= 0.6 is 11.3 Å². The summed E-state index contributed by atoms with van der Waals surface area (Å²) in [5.74, 6) is 0.00755. The first-order valence-electron chi connectivity index (χ1n) is 6.60. The molecule has 1 aliphatic rings. The Morgan fingerprint density at radius 1 is 1.25 bits per heavy atom. The Balaban J connectivity index is 1.77. The number of nitrogens with two attached hydrogens (primary N) is 1. The molecule has 0 saturated carbocycles. The van der Waals surface area contributed by atoms with Gasteiger partial charge in [0.2, 0.25) is 5.91 Å². The second-order valence-electron chi connectivity index (χ2n) is 4.49. The lowest BCUT2D eigenvalue weighted by Crippen LogP contribution is -2.51. The lowest BCUT2D eigenvalue weighted by molar-refractivity contribution is -0.137. The van der Waals surface area contributed by atoms with Crippen molar-refractivity contribution in [1.29, 1.82) is 0 Å². The zero-order valence-corrected chi connectivity index (χ0v) is 12.1. The highest BCUT2D eigenvalue weighted by atomic mass is 32.1. The average Bonchev–Trinajstić information content (AvgIpc) is 3.01. The Bertz CT molecular complexity index is 442.